The van der Waals surface area contributed by atoms with E-state index in [9.17, 15) is 4.79 Å². The van der Waals surface area contributed by atoms with Gasteiger partial charge in [-0.1, -0.05) is 6.07 Å². The van der Waals surface area contributed by atoms with Gasteiger partial charge in [-0.3, -0.25) is 4.79 Å². The van der Waals surface area contributed by atoms with Gasteiger partial charge in [0.15, 0.2) is 0 Å². The van der Waals surface area contributed by atoms with Crippen molar-refractivity contribution in [1.29, 1.82) is 0 Å². The molecule has 0 unspecified atom stereocenters. The van der Waals surface area contributed by atoms with Gasteiger partial charge in [0.1, 0.15) is 10.7 Å². The summed E-state index contributed by atoms with van der Waals surface area (Å²) in [6.07, 6.45) is 2.16. The molecular weight excluding hydrogens is 302 g/mol. The fourth-order valence-electron chi connectivity index (χ4n) is 2.68. The van der Waals surface area contributed by atoms with Gasteiger partial charge in [0.2, 0.25) is 0 Å². The number of nitrogens with one attached hydrogen (secondary N) is 1. The molecule has 1 aliphatic rings. The molecule has 3 rings (SSSR count). The van der Waals surface area contributed by atoms with Crippen LogP contribution in [-0.4, -0.2) is 42.5 Å². The van der Waals surface area contributed by atoms with E-state index in [-0.39, 0.29) is 5.91 Å². The van der Waals surface area contributed by atoms with Gasteiger partial charge in [-0.15, -0.1) is 22.7 Å². The third-order valence-electron chi connectivity index (χ3n) is 3.85. The van der Waals surface area contributed by atoms with Crippen LogP contribution in [0.5, 0.6) is 0 Å². The minimum absolute atomic E-state index is 0.0805. The first-order chi connectivity index (χ1) is 10.3. The van der Waals surface area contributed by atoms with Crippen molar-refractivity contribution >= 4 is 28.6 Å². The quantitative estimate of drug-likeness (QED) is 0.942. The molecule has 0 atom stereocenters. The predicted molar refractivity (Wildman–Crippen MR) is 88.0 cm³/mol. The molecule has 4 nitrogen and oxygen atoms in total. The highest BCUT2D eigenvalue weighted by molar-refractivity contribution is 7.20. The van der Waals surface area contributed by atoms with Crippen LogP contribution in [0, 0.1) is 5.92 Å². The van der Waals surface area contributed by atoms with Crippen LogP contribution in [0.25, 0.3) is 9.88 Å². The van der Waals surface area contributed by atoms with E-state index < -0.39 is 0 Å². The Balaban J connectivity index is 1.64. The lowest BCUT2D eigenvalue weighted by molar-refractivity contribution is 0.0686. The lowest BCUT2D eigenvalue weighted by Crippen LogP contribution is -2.40. The Morgan fingerprint density at radius 1 is 1.43 bits per heavy atom. The number of piperidine rings is 1. The Labute approximate surface area is 132 Å². The lowest BCUT2D eigenvalue weighted by atomic mass is 9.97. The number of rotatable bonds is 4. The SMILES string of the molecule is CNCC1CCN(C(=O)c2csc(-c3cccs3)n2)CC1. The number of nitrogens with zero attached hydrogens (tertiary/aromatic N) is 2. The van der Waals surface area contributed by atoms with Crippen LogP contribution in [0.1, 0.15) is 23.3 Å². The fourth-order valence-corrected chi connectivity index (χ4v) is 4.28. The number of thiazole rings is 1. The molecule has 21 heavy (non-hydrogen) atoms. The highest BCUT2D eigenvalue weighted by Gasteiger charge is 2.24. The van der Waals surface area contributed by atoms with E-state index in [0.29, 0.717) is 11.6 Å². The van der Waals surface area contributed by atoms with Crippen molar-refractivity contribution in [3.63, 3.8) is 0 Å². The molecule has 1 N–H and O–H groups in total. The third kappa shape index (κ3) is 3.33. The molecule has 6 heteroatoms. The summed E-state index contributed by atoms with van der Waals surface area (Å²) in [6.45, 7) is 2.73. The number of likely N-dealkylation sites (tertiary alicyclic amines) is 1. The van der Waals surface area contributed by atoms with Crippen LogP contribution in [0.15, 0.2) is 22.9 Å². The summed E-state index contributed by atoms with van der Waals surface area (Å²) < 4.78 is 0. The second-order valence-corrected chi connectivity index (χ2v) is 7.11. The molecule has 2 aromatic rings. The van der Waals surface area contributed by atoms with Crippen molar-refractivity contribution in [3.8, 4) is 9.88 Å². The van der Waals surface area contributed by atoms with E-state index in [2.05, 4.69) is 10.3 Å². The summed E-state index contributed by atoms with van der Waals surface area (Å²) in [6, 6.07) is 4.05. The smallest absolute Gasteiger partial charge is 0.273 e. The molecule has 112 valence electrons. The van der Waals surface area contributed by atoms with Crippen molar-refractivity contribution < 1.29 is 4.79 Å². The number of hydrogen-bond acceptors (Lipinski definition) is 5. The first-order valence-electron chi connectivity index (χ1n) is 7.21. The van der Waals surface area contributed by atoms with Crippen molar-refractivity contribution in [1.82, 2.24) is 15.2 Å². The van der Waals surface area contributed by atoms with Gasteiger partial charge in [0.25, 0.3) is 5.91 Å². The third-order valence-corrected chi connectivity index (χ3v) is 5.73. The van der Waals surface area contributed by atoms with Gasteiger partial charge < -0.3 is 10.2 Å². The van der Waals surface area contributed by atoms with E-state index in [4.69, 9.17) is 0 Å². The number of carbonyl (C=O) groups is 1. The monoisotopic (exact) mass is 321 g/mol. The van der Waals surface area contributed by atoms with Crippen LogP contribution >= 0.6 is 22.7 Å². The van der Waals surface area contributed by atoms with Crippen molar-refractivity contribution in [2.75, 3.05) is 26.7 Å². The van der Waals surface area contributed by atoms with Gasteiger partial charge in [0.05, 0.1) is 4.88 Å². The Hall–Kier alpha value is -1.24. The molecule has 0 radical (unpaired) electrons. The second-order valence-electron chi connectivity index (χ2n) is 5.31. The Kier molecular flexibility index (Phi) is 4.67. The average Bonchev–Trinajstić information content (AvgIpc) is 3.19. The molecule has 2 aromatic heterocycles. The van der Waals surface area contributed by atoms with E-state index in [1.54, 1.807) is 22.7 Å². The van der Waals surface area contributed by atoms with Crippen LogP contribution in [-0.2, 0) is 0 Å². The summed E-state index contributed by atoms with van der Waals surface area (Å²) >= 11 is 3.21. The van der Waals surface area contributed by atoms with Crippen LogP contribution in [0.2, 0.25) is 0 Å². The summed E-state index contributed by atoms with van der Waals surface area (Å²) in [4.78, 5) is 20.1. The van der Waals surface area contributed by atoms with Gasteiger partial charge >= 0.3 is 0 Å². The van der Waals surface area contributed by atoms with E-state index in [0.717, 1.165) is 42.4 Å². The highest BCUT2D eigenvalue weighted by Crippen LogP contribution is 2.28. The summed E-state index contributed by atoms with van der Waals surface area (Å²) in [7, 11) is 1.99. The van der Waals surface area contributed by atoms with E-state index >= 15 is 0 Å². The molecule has 0 aromatic carbocycles. The molecule has 0 saturated carbocycles. The van der Waals surface area contributed by atoms with Crippen LogP contribution < -0.4 is 5.32 Å². The normalized spacial score (nSPS) is 16.3. The topological polar surface area (TPSA) is 45.2 Å². The number of hydrogen-bond donors (Lipinski definition) is 1. The minimum atomic E-state index is 0.0805. The second kappa shape index (κ2) is 6.68. The molecule has 1 aliphatic heterocycles. The zero-order valence-electron chi connectivity index (χ0n) is 12.0. The summed E-state index contributed by atoms with van der Waals surface area (Å²) in [5, 5.41) is 8.08. The van der Waals surface area contributed by atoms with Gasteiger partial charge in [-0.25, -0.2) is 4.98 Å². The maximum Gasteiger partial charge on any atom is 0.273 e. The van der Waals surface area contributed by atoms with Crippen LogP contribution in [0.4, 0.5) is 0 Å². The molecule has 1 fully saturated rings. The van der Waals surface area contributed by atoms with E-state index in [1.807, 2.05) is 34.8 Å². The molecule has 0 bridgehead atoms. The highest BCUT2D eigenvalue weighted by atomic mass is 32.1. The standard InChI is InChI=1S/C15H19N3OS2/c1-16-9-11-4-6-18(7-5-11)15(19)12-10-21-14(17-12)13-3-2-8-20-13/h2-3,8,10-11,16H,4-7,9H2,1H3. The first-order valence-corrected chi connectivity index (χ1v) is 8.97. The number of carbonyl (C=O) groups excluding carboxylic acids is 1. The Bertz CT molecular complexity index is 586. The first kappa shape index (κ1) is 14.7. The van der Waals surface area contributed by atoms with Gasteiger partial charge in [-0.2, -0.15) is 0 Å². The van der Waals surface area contributed by atoms with E-state index in [1.165, 1.54) is 0 Å². The fraction of sp³-hybridized carbons (Fsp3) is 0.467. The maximum absolute atomic E-state index is 12.5. The lowest BCUT2D eigenvalue weighted by Gasteiger charge is -2.31. The van der Waals surface area contributed by atoms with Crippen LogP contribution in [0.3, 0.4) is 0 Å². The van der Waals surface area contributed by atoms with Crippen molar-refractivity contribution in [3.05, 3.63) is 28.6 Å². The molecule has 1 amide bonds. The van der Waals surface area contributed by atoms with Gasteiger partial charge in [0, 0.05) is 18.5 Å². The van der Waals surface area contributed by atoms with Gasteiger partial charge in [-0.05, 0) is 43.8 Å². The number of aromatic nitrogens is 1. The summed E-state index contributed by atoms with van der Waals surface area (Å²) in [5.74, 6) is 0.771. The molecule has 0 spiro atoms. The van der Waals surface area contributed by atoms with Crippen molar-refractivity contribution in [2.45, 2.75) is 12.8 Å². The molecule has 1 saturated heterocycles. The Morgan fingerprint density at radius 2 is 2.24 bits per heavy atom. The molecule has 0 aliphatic carbocycles. The van der Waals surface area contributed by atoms with Crippen molar-refractivity contribution in [2.24, 2.45) is 5.92 Å². The number of thiophene rings is 1. The molecular formula is C15H19N3OS2. The zero-order valence-corrected chi connectivity index (χ0v) is 13.7. The predicted octanol–water partition coefficient (Wildman–Crippen LogP) is 2.94. The largest absolute Gasteiger partial charge is 0.337 e. The average molecular weight is 321 g/mol. The number of amides is 1. The maximum atomic E-state index is 12.5. The Morgan fingerprint density at radius 3 is 2.90 bits per heavy atom. The zero-order chi connectivity index (χ0) is 14.7. The minimum Gasteiger partial charge on any atom is -0.337 e. The molecule has 3 heterocycles. The summed E-state index contributed by atoms with van der Waals surface area (Å²) in [5.41, 5.74) is 0.593.